The largest absolute Gasteiger partial charge is 0.444 e. The van der Waals surface area contributed by atoms with Gasteiger partial charge in [0, 0.05) is 24.8 Å². The van der Waals surface area contributed by atoms with E-state index >= 15 is 0 Å². The van der Waals surface area contributed by atoms with Crippen LogP contribution < -0.4 is 5.32 Å². The molecule has 0 radical (unpaired) electrons. The number of hydrogen-bond donors (Lipinski definition) is 2. The molecule has 0 aliphatic carbocycles. The highest BCUT2D eigenvalue weighted by Gasteiger charge is 2.32. The van der Waals surface area contributed by atoms with Gasteiger partial charge in [-0.1, -0.05) is 0 Å². The minimum absolute atomic E-state index is 0.140. The Kier molecular flexibility index (Phi) is 4.34. The number of amides is 1. The second kappa shape index (κ2) is 6.30. The van der Waals surface area contributed by atoms with Crippen LogP contribution >= 0.6 is 0 Å². The maximum absolute atomic E-state index is 12.4. The van der Waals surface area contributed by atoms with Gasteiger partial charge in [-0.05, 0) is 46.6 Å². The van der Waals surface area contributed by atoms with Crippen LogP contribution in [0.2, 0.25) is 0 Å². The fraction of sp³-hybridized carbons (Fsp3) is 0.588. The molecule has 2 aromatic heterocycles. The summed E-state index contributed by atoms with van der Waals surface area (Å²) in [4.78, 5) is 25.9. The van der Waals surface area contributed by atoms with Crippen molar-refractivity contribution in [1.82, 2.24) is 19.9 Å². The van der Waals surface area contributed by atoms with Crippen LogP contribution in [0.3, 0.4) is 0 Å². The maximum atomic E-state index is 12.4. The average Bonchev–Trinajstić information content (AvgIpc) is 2.97. The van der Waals surface area contributed by atoms with Crippen LogP contribution in [0.15, 0.2) is 18.6 Å². The van der Waals surface area contributed by atoms with E-state index in [1.54, 1.807) is 0 Å². The van der Waals surface area contributed by atoms with Gasteiger partial charge in [0.1, 0.15) is 23.4 Å². The summed E-state index contributed by atoms with van der Waals surface area (Å²) in [5.74, 6) is 0.796. The fourth-order valence-corrected chi connectivity index (χ4v) is 2.98. The van der Waals surface area contributed by atoms with Crippen LogP contribution in [0, 0.1) is 0 Å². The van der Waals surface area contributed by atoms with Gasteiger partial charge in [0.15, 0.2) is 0 Å². The number of fused-ring (bicyclic) bond motifs is 1. The van der Waals surface area contributed by atoms with E-state index in [2.05, 4.69) is 27.2 Å². The number of ether oxygens (including phenoxy) is 1. The van der Waals surface area contributed by atoms with Gasteiger partial charge in [0.25, 0.3) is 0 Å². The van der Waals surface area contributed by atoms with Gasteiger partial charge in [-0.3, -0.25) is 0 Å². The van der Waals surface area contributed by atoms with Crippen LogP contribution in [0.5, 0.6) is 0 Å². The van der Waals surface area contributed by atoms with E-state index in [1.165, 1.54) is 6.33 Å². The van der Waals surface area contributed by atoms with Gasteiger partial charge < -0.3 is 19.9 Å². The Hall–Kier alpha value is -2.31. The summed E-state index contributed by atoms with van der Waals surface area (Å²) in [6.07, 6.45) is 5.05. The van der Waals surface area contributed by atoms with Crippen molar-refractivity contribution in [3.63, 3.8) is 0 Å². The summed E-state index contributed by atoms with van der Waals surface area (Å²) >= 11 is 0. The SMILES string of the molecule is CC1CCC(Nc2ncnc3[nH]ccc23)CN1C(=O)OC(C)(C)C. The third-order valence-electron chi connectivity index (χ3n) is 4.20. The normalized spacial score (nSPS) is 21.8. The summed E-state index contributed by atoms with van der Waals surface area (Å²) in [6.45, 7) is 8.33. The highest BCUT2D eigenvalue weighted by molar-refractivity contribution is 5.86. The second-order valence-electron chi connectivity index (χ2n) is 7.36. The van der Waals surface area contributed by atoms with Crippen molar-refractivity contribution in [2.45, 2.75) is 58.2 Å². The summed E-state index contributed by atoms with van der Waals surface area (Å²) in [5, 5.41) is 4.42. The predicted molar refractivity (Wildman–Crippen MR) is 92.9 cm³/mol. The smallest absolute Gasteiger partial charge is 0.410 e. The van der Waals surface area contributed by atoms with Gasteiger partial charge in [-0.15, -0.1) is 0 Å². The van der Waals surface area contributed by atoms with Crippen molar-refractivity contribution >= 4 is 22.9 Å². The average molecular weight is 331 g/mol. The lowest BCUT2D eigenvalue weighted by atomic mass is 10.00. The van der Waals surface area contributed by atoms with Crippen molar-refractivity contribution in [1.29, 1.82) is 0 Å². The highest BCUT2D eigenvalue weighted by Crippen LogP contribution is 2.24. The van der Waals surface area contributed by atoms with E-state index in [4.69, 9.17) is 4.74 Å². The first kappa shape index (κ1) is 16.5. The Balaban J connectivity index is 1.71. The summed E-state index contributed by atoms with van der Waals surface area (Å²) in [5.41, 5.74) is 0.321. The molecule has 1 saturated heterocycles. The summed E-state index contributed by atoms with van der Waals surface area (Å²) < 4.78 is 5.53. The first-order valence-electron chi connectivity index (χ1n) is 8.38. The molecule has 2 atom stereocenters. The number of rotatable bonds is 2. The van der Waals surface area contributed by atoms with Gasteiger partial charge in [-0.2, -0.15) is 0 Å². The number of nitrogens with one attached hydrogen (secondary N) is 2. The third-order valence-corrected chi connectivity index (χ3v) is 4.20. The third kappa shape index (κ3) is 3.60. The number of nitrogens with zero attached hydrogens (tertiary/aromatic N) is 3. The zero-order valence-electron chi connectivity index (χ0n) is 14.7. The lowest BCUT2D eigenvalue weighted by Crippen LogP contribution is -2.51. The summed E-state index contributed by atoms with van der Waals surface area (Å²) in [7, 11) is 0. The number of likely N-dealkylation sites (tertiary alicyclic amines) is 1. The molecule has 130 valence electrons. The molecule has 3 heterocycles. The molecule has 2 unspecified atom stereocenters. The zero-order chi connectivity index (χ0) is 17.3. The number of carbonyl (C=O) groups excluding carboxylic acids is 1. The molecule has 2 N–H and O–H groups in total. The van der Waals surface area contributed by atoms with E-state index in [0.29, 0.717) is 6.54 Å². The molecular weight excluding hydrogens is 306 g/mol. The number of hydrogen-bond acceptors (Lipinski definition) is 5. The lowest BCUT2D eigenvalue weighted by molar-refractivity contribution is 0.0108. The minimum Gasteiger partial charge on any atom is -0.444 e. The van der Waals surface area contributed by atoms with Gasteiger partial charge in [-0.25, -0.2) is 14.8 Å². The molecule has 0 spiro atoms. The highest BCUT2D eigenvalue weighted by atomic mass is 16.6. The number of piperidine rings is 1. The maximum Gasteiger partial charge on any atom is 0.410 e. The molecule has 7 nitrogen and oxygen atoms in total. The van der Waals surface area contributed by atoms with Gasteiger partial charge in [0.2, 0.25) is 0 Å². The van der Waals surface area contributed by atoms with Gasteiger partial charge >= 0.3 is 6.09 Å². The van der Waals surface area contributed by atoms with Crippen LogP contribution in [-0.4, -0.2) is 50.2 Å². The molecule has 3 rings (SSSR count). The molecule has 0 bridgehead atoms. The van der Waals surface area contributed by atoms with E-state index in [1.807, 2.05) is 37.9 Å². The molecule has 2 aromatic rings. The fourth-order valence-electron chi connectivity index (χ4n) is 2.98. The molecular formula is C17H25N5O2. The first-order valence-corrected chi connectivity index (χ1v) is 8.38. The zero-order valence-corrected chi connectivity index (χ0v) is 14.7. The van der Waals surface area contributed by atoms with Crippen molar-refractivity contribution in [3.8, 4) is 0 Å². The number of H-pyrrole nitrogens is 1. The van der Waals surface area contributed by atoms with Crippen LogP contribution in [0.25, 0.3) is 11.0 Å². The quantitative estimate of drug-likeness (QED) is 0.883. The molecule has 0 saturated carbocycles. The number of aromatic amines is 1. The monoisotopic (exact) mass is 331 g/mol. The lowest BCUT2D eigenvalue weighted by Gasteiger charge is -2.39. The van der Waals surface area contributed by atoms with Gasteiger partial charge in [0.05, 0.1) is 5.39 Å². The standard InChI is InChI=1S/C17H25N5O2/c1-11-5-6-12(9-22(11)16(23)24-17(2,3)4)21-15-13-7-8-18-14(13)19-10-20-15/h7-8,10-12H,5-6,9H2,1-4H3,(H2,18,19,20,21). The molecule has 1 aliphatic heterocycles. The topological polar surface area (TPSA) is 83.1 Å². The van der Waals surface area contributed by atoms with E-state index in [-0.39, 0.29) is 18.2 Å². The number of anilines is 1. The Morgan fingerprint density at radius 2 is 2.17 bits per heavy atom. The Morgan fingerprint density at radius 3 is 2.92 bits per heavy atom. The van der Waals surface area contributed by atoms with Crippen LogP contribution in [-0.2, 0) is 4.74 Å². The number of carbonyl (C=O) groups is 1. The molecule has 1 aliphatic rings. The Labute approximate surface area is 141 Å². The van der Waals surface area contributed by atoms with E-state index in [0.717, 1.165) is 29.7 Å². The molecule has 1 amide bonds. The van der Waals surface area contributed by atoms with Crippen LogP contribution in [0.4, 0.5) is 10.6 Å². The van der Waals surface area contributed by atoms with Crippen molar-refractivity contribution in [3.05, 3.63) is 18.6 Å². The first-order chi connectivity index (χ1) is 11.3. The predicted octanol–water partition coefficient (Wildman–Crippen LogP) is 3.16. The van der Waals surface area contributed by atoms with E-state index in [9.17, 15) is 4.79 Å². The van der Waals surface area contributed by atoms with Crippen molar-refractivity contribution in [2.24, 2.45) is 0 Å². The second-order valence-corrected chi connectivity index (χ2v) is 7.36. The van der Waals surface area contributed by atoms with Crippen molar-refractivity contribution < 1.29 is 9.53 Å². The molecule has 7 heteroatoms. The molecule has 24 heavy (non-hydrogen) atoms. The number of aromatic nitrogens is 3. The molecule has 0 aromatic carbocycles. The molecule has 1 fully saturated rings. The van der Waals surface area contributed by atoms with E-state index < -0.39 is 5.60 Å². The van der Waals surface area contributed by atoms with Crippen LogP contribution in [0.1, 0.15) is 40.5 Å². The van der Waals surface area contributed by atoms with Crippen molar-refractivity contribution in [2.75, 3.05) is 11.9 Å². The minimum atomic E-state index is -0.485. The Bertz CT molecular complexity index is 721. The Morgan fingerprint density at radius 1 is 1.38 bits per heavy atom. The summed E-state index contributed by atoms with van der Waals surface area (Å²) in [6, 6.07) is 2.27.